The first-order chi connectivity index (χ1) is 17.5. The Balaban J connectivity index is 1.48. The number of nitrogens with one attached hydrogen (secondary N) is 1. The van der Waals surface area contributed by atoms with Crippen molar-refractivity contribution < 1.29 is 19.8 Å². The summed E-state index contributed by atoms with van der Waals surface area (Å²) in [7, 11) is 0. The Morgan fingerprint density at radius 1 is 1.06 bits per heavy atom. The number of hydrazone groups is 1. The standard InChI is InChI=1S/C26H21N5O4S/c32-22-8-4-3-7-18(22)21-13-19(20-15-27-11-12-28-20)30-31(21)25(33)24-10-9-23(36-24)17-6-2-1-5-16(17)14-29-26(34)35/h1-12,15,21,29,32H,13-14H2,(H,34,35). The highest BCUT2D eigenvalue weighted by Gasteiger charge is 2.36. The van der Waals surface area contributed by atoms with E-state index in [2.05, 4.69) is 20.4 Å². The number of hydrogen-bond donors (Lipinski definition) is 3. The minimum absolute atomic E-state index is 0.0858. The number of carbonyl (C=O) groups is 2. The predicted octanol–water partition coefficient (Wildman–Crippen LogP) is 4.67. The zero-order chi connectivity index (χ0) is 25.1. The Labute approximate surface area is 210 Å². The lowest BCUT2D eigenvalue weighted by atomic mass is 9.99. The molecule has 1 unspecified atom stereocenters. The first-order valence-corrected chi connectivity index (χ1v) is 11.9. The van der Waals surface area contributed by atoms with Crippen molar-refractivity contribution in [2.75, 3.05) is 0 Å². The van der Waals surface area contributed by atoms with Gasteiger partial charge in [-0.3, -0.25) is 14.8 Å². The maximum absolute atomic E-state index is 13.7. The Morgan fingerprint density at radius 2 is 1.86 bits per heavy atom. The third-order valence-corrected chi connectivity index (χ3v) is 6.91. The van der Waals surface area contributed by atoms with Crippen LogP contribution in [-0.4, -0.2) is 42.9 Å². The molecule has 0 saturated carbocycles. The van der Waals surface area contributed by atoms with E-state index in [1.54, 1.807) is 42.9 Å². The second-order valence-corrected chi connectivity index (χ2v) is 9.13. The second-order valence-electron chi connectivity index (χ2n) is 8.05. The Hall–Kier alpha value is -4.57. The molecule has 1 atom stereocenters. The molecule has 36 heavy (non-hydrogen) atoms. The van der Waals surface area contributed by atoms with Crippen LogP contribution in [0.2, 0.25) is 0 Å². The molecule has 9 nitrogen and oxygen atoms in total. The van der Waals surface area contributed by atoms with Gasteiger partial charge in [-0.1, -0.05) is 42.5 Å². The van der Waals surface area contributed by atoms with Gasteiger partial charge in [0.25, 0.3) is 5.91 Å². The average molecular weight is 500 g/mol. The van der Waals surface area contributed by atoms with Crippen LogP contribution in [0.5, 0.6) is 5.75 Å². The van der Waals surface area contributed by atoms with Gasteiger partial charge in [-0.25, -0.2) is 9.80 Å². The van der Waals surface area contributed by atoms with E-state index >= 15 is 0 Å². The van der Waals surface area contributed by atoms with Gasteiger partial charge in [0.05, 0.1) is 22.8 Å². The van der Waals surface area contributed by atoms with Gasteiger partial charge in [0.1, 0.15) is 11.4 Å². The van der Waals surface area contributed by atoms with Crippen molar-refractivity contribution in [3.8, 4) is 16.2 Å². The highest BCUT2D eigenvalue weighted by atomic mass is 32.1. The van der Waals surface area contributed by atoms with Crippen molar-refractivity contribution in [2.24, 2.45) is 5.10 Å². The van der Waals surface area contributed by atoms with Crippen molar-refractivity contribution >= 4 is 29.0 Å². The van der Waals surface area contributed by atoms with Crippen LogP contribution in [0.15, 0.2) is 84.4 Å². The first-order valence-electron chi connectivity index (χ1n) is 11.1. The summed E-state index contributed by atoms with van der Waals surface area (Å²) in [5.74, 6) is -0.220. The van der Waals surface area contributed by atoms with Crippen LogP contribution < -0.4 is 5.32 Å². The molecule has 0 fully saturated rings. The van der Waals surface area contributed by atoms with Gasteiger partial charge < -0.3 is 15.5 Å². The summed E-state index contributed by atoms with van der Waals surface area (Å²) in [6.07, 6.45) is 4.01. The molecule has 1 aliphatic rings. The van der Waals surface area contributed by atoms with Gasteiger partial charge in [-0.15, -0.1) is 11.3 Å². The van der Waals surface area contributed by atoms with Crippen LogP contribution in [-0.2, 0) is 6.54 Å². The molecule has 10 heteroatoms. The number of para-hydroxylation sites is 1. The van der Waals surface area contributed by atoms with E-state index in [9.17, 15) is 14.7 Å². The summed E-state index contributed by atoms with van der Waals surface area (Å²) in [5, 5.41) is 27.9. The highest BCUT2D eigenvalue weighted by Crippen LogP contribution is 2.39. The number of benzene rings is 2. The number of aromatic hydroxyl groups is 1. The number of aromatic nitrogens is 2. The fourth-order valence-corrected chi connectivity index (χ4v) is 5.11. The molecular weight excluding hydrogens is 478 g/mol. The molecule has 180 valence electrons. The fourth-order valence-electron chi connectivity index (χ4n) is 4.11. The number of thiophene rings is 1. The van der Waals surface area contributed by atoms with E-state index in [0.29, 0.717) is 28.3 Å². The summed E-state index contributed by atoms with van der Waals surface area (Å²) in [6, 6.07) is 17.4. The molecule has 5 rings (SSSR count). The normalized spacial score (nSPS) is 14.9. The first kappa shape index (κ1) is 23.2. The van der Waals surface area contributed by atoms with Gasteiger partial charge in [0.2, 0.25) is 0 Å². The smallest absolute Gasteiger partial charge is 0.404 e. The van der Waals surface area contributed by atoms with Crippen LogP contribution in [0, 0.1) is 0 Å². The maximum Gasteiger partial charge on any atom is 0.404 e. The molecule has 2 aromatic heterocycles. The zero-order valence-corrected chi connectivity index (χ0v) is 19.7. The second kappa shape index (κ2) is 9.96. The van der Waals surface area contributed by atoms with Gasteiger partial charge in [0, 0.05) is 35.8 Å². The summed E-state index contributed by atoms with van der Waals surface area (Å²) >= 11 is 1.30. The third kappa shape index (κ3) is 4.66. The van der Waals surface area contributed by atoms with Gasteiger partial charge in [-0.05, 0) is 29.3 Å². The number of phenolic OH excluding ortho intramolecular Hbond substituents is 1. The van der Waals surface area contributed by atoms with Crippen molar-refractivity contribution in [3.05, 3.63) is 101 Å². The van der Waals surface area contributed by atoms with E-state index in [0.717, 1.165) is 16.0 Å². The van der Waals surface area contributed by atoms with Crippen molar-refractivity contribution in [3.63, 3.8) is 0 Å². The van der Waals surface area contributed by atoms with Crippen LogP contribution in [0.3, 0.4) is 0 Å². The topological polar surface area (TPSA) is 128 Å². The molecule has 3 heterocycles. The number of hydrogen-bond acceptors (Lipinski definition) is 7. The van der Waals surface area contributed by atoms with Crippen molar-refractivity contribution in [1.82, 2.24) is 20.3 Å². The molecule has 0 spiro atoms. The lowest BCUT2D eigenvalue weighted by molar-refractivity contribution is 0.0714. The van der Waals surface area contributed by atoms with Gasteiger partial charge >= 0.3 is 6.09 Å². The van der Waals surface area contributed by atoms with Crippen LogP contribution in [0.25, 0.3) is 10.4 Å². The van der Waals surface area contributed by atoms with Crippen molar-refractivity contribution in [2.45, 2.75) is 19.0 Å². The summed E-state index contributed by atoms with van der Waals surface area (Å²) in [6.45, 7) is 0.153. The molecule has 0 bridgehead atoms. The monoisotopic (exact) mass is 499 g/mol. The van der Waals surface area contributed by atoms with Crippen molar-refractivity contribution in [1.29, 1.82) is 0 Å². The highest BCUT2D eigenvalue weighted by molar-refractivity contribution is 7.17. The lowest BCUT2D eigenvalue weighted by Crippen LogP contribution is -2.26. The average Bonchev–Trinajstić information content (AvgIpc) is 3.56. The Bertz CT molecular complexity index is 1450. The SMILES string of the molecule is O=C(O)NCc1ccccc1-c1ccc(C(=O)N2N=C(c3cnccn3)CC2c2ccccc2O)s1. The van der Waals surface area contributed by atoms with E-state index in [4.69, 9.17) is 5.11 Å². The third-order valence-electron chi connectivity index (χ3n) is 5.80. The van der Waals surface area contributed by atoms with E-state index in [-0.39, 0.29) is 18.2 Å². The van der Waals surface area contributed by atoms with Gasteiger partial charge in [-0.2, -0.15) is 5.10 Å². The fraction of sp³-hybridized carbons (Fsp3) is 0.115. The number of phenols is 1. The molecule has 1 aliphatic heterocycles. The molecule has 2 amide bonds. The summed E-state index contributed by atoms with van der Waals surface area (Å²) in [5.41, 5.74) is 3.41. The number of rotatable bonds is 6. The van der Waals surface area contributed by atoms with E-state index in [1.807, 2.05) is 36.4 Å². The minimum atomic E-state index is -1.10. The van der Waals surface area contributed by atoms with Crippen LogP contribution >= 0.6 is 11.3 Å². The Morgan fingerprint density at radius 3 is 2.64 bits per heavy atom. The lowest BCUT2D eigenvalue weighted by Gasteiger charge is -2.22. The zero-order valence-electron chi connectivity index (χ0n) is 18.9. The summed E-state index contributed by atoms with van der Waals surface area (Å²) in [4.78, 5) is 34.4. The number of carboxylic acid groups (broad SMARTS) is 1. The van der Waals surface area contributed by atoms with Crippen LogP contribution in [0.1, 0.15) is 39.0 Å². The molecular formula is C26H21N5O4S. The molecule has 2 aromatic carbocycles. The molecule has 0 saturated heterocycles. The predicted molar refractivity (Wildman–Crippen MR) is 135 cm³/mol. The van der Waals surface area contributed by atoms with Crippen LogP contribution in [0.4, 0.5) is 4.79 Å². The molecule has 4 aromatic rings. The quantitative estimate of drug-likeness (QED) is 0.354. The molecule has 3 N–H and O–H groups in total. The molecule has 0 radical (unpaired) electrons. The van der Waals surface area contributed by atoms with E-state index < -0.39 is 12.1 Å². The maximum atomic E-state index is 13.7. The number of carbonyl (C=O) groups excluding carboxylic acids is 1. The van der Waals surface area contributed by atoms with E-state index in [1.165, 1.54) is 16.3 Å². The number of nitrogens with zero attached hydrogens (tertiary/aromatic N) is 4. The summed E-state index contributed by atoms with van der Waals surface area (Å²) < 4.78 is 0. The number of amides is 2. The minimum Gasteiger partial charge on any atom is -0.508 e. The Kier molecular flexibility index (Phi) is 6.42. The van der Waals surface area contributed by atoms with Gasteiger partial charge in [0.15, 0.2) is 0 Å². The largest absolute Gasteiger partial charge is 0.508 e. The molecule has 0 aliphatic carbocycles.